The largest absolute Gasteiger partial charge is 0.496 e. The Labute approximate surface area is 166 Å². The molecular formula is C21H28N4O3. The van der Waals surface area contributed by atoms with Crippen molar-refractivity contribution in [2.75, 3.05) is 46.3 Å². The Hall–Kier alpha value is -2.83. The second kappa shape index (κ2) is 8.46. The molecule has 0 atom stereocenters. The first-order valence-electron chi connectivity index (χ1n) is 9.47. The number of piperidine rings is 1. The van der Waals surface area contributed by atoms with Crippen LogP contribution in [0.3, 0.4) is 0 Å². The number of benzene rings is 1. The second-order valence-corrected chi connectivity index (χ2v) is 7.18. The van der Waals surface area contributed by atoms with Gasteiger partial charge in [-0.2, -0.15) is 0 Å². The number of amides is 1. The van der Waals surface area contributed by atoms with E-state index < -0.39 is 0 Å². The molecule has 0 unspecified atom stereocenters. The van der Waals surface area contributed by atoms with Gasteiger partial charge in [-0.05, 0) is 25.0 Å². The van der Waals surface area contributed by atoms with Crippen molar-refractivity contribution in [3.8, 4) is 22.6 Å². The lowest BCUT2D eigenvalue weighted by molar-refractivity contribution is -0.129. The summed E-state index contributed by atoms with van der Waals surface area (Å²) in [5.41, 5.74) is 2.76. The molecule has 2 aromatic rings. The average molecular weight is 384 g/mol. The van der Waals surface area contributed by atoms with E-state index in [1.54, 1.807) is 21.1 Å². The molecule has 1 saturated heterocycles. The van der Waals surface area contributed by atoms with Gasteiger partial charge < -0.3 is 19.3 Å². The molecule has 0 spiro atoms. The Kier molecular flexibility index (Phi) is 6.02. The minimum Gasteiger partial charge on any atom is -0.496 e. The highest BCUT2D eigenvalue weighted by Crippen LogP contribution is 2.43. The van der Waals surface area contributed by atoms with Gasteiger partial charge in [0.25, 0.3) is 0 Å². The van der Waals surface area contributed by atoms with Crippen LogP contribution in [0, 0.1) is 0 Å². The molecule has 1 amide bonds. The zero-order chi connectivity index (χ0) is 20.3. The highest BCUT2D eigenvalue weighted by molar-refractivity contribution is 5.79. The number of likely N-dealkylation sites (tertiary alicyclic amines) is 1. The molecule has 1 aromatic carbocycles. The van der Waals surface area contributed by atoms with Gasteiger partial charge in [0, 0.05) is 51.8 Å². The minimum atomic E-state index is 0.127. The number of rotatable bonds is 5. The number of hydrogen-bond acceptors (Lipinski definition) is 6. The summed E-state index contributed by atoms with van der Waals surface area (Å²) in [6.45, 7) is 3.11. The molecule has 1 aliphatic rings. The number of methoxy groups -OCH3 is 2. The molecule has 1 aliphatic heterocycles. The zero-order valence-electron chi connectivity index (χ0n) is 17.2. The maximum absolute atomic E-state index is 11.7. The molecule has 3 rings (SSSR count). The zero-order valence-corrected chi connectivity index (χ0v) is 17.2. The van der Waals surface area contributed by atoms with Crippen molar-refractivity contribution in [3.63, 3.8) is 0 Å². The van der Waals surface area contributed by atoms with Crippen molar-refractivity contribution in [2.24, 2.45) is 0 Å². The Morgan fingerprint density at radius 3 is 2.25 bits per heavy atom. The fourth-order valence-electron chi connectivity index (χ4n) is 3.69. The van der Waals surface area contributed by atoms with Crippen LogP contribution in [0.2, 0.25) is 0 Å². The molecule has 1 aromatic heterocycles. The molecule has 7 heteroatoms. The van der Waals surface area contributed by atoms with Crippen LogP contribution in [0.15, 0.2) is 24.4 Å². The number of carbonyl (C=O) groups excluding carboxylic acids is 1. The topological polar surface area (TPSA) is 67.8 Å². The first kappa shape index (κ1) is 19.9. The quantitative estimate of drug-likeness (QED) is 0.790. The SMILES string of the molecule is COc1cccc(OC)c1-c1cnc(N(C)C)nc1C1CCN(C(C)=O)CC1. The number of anilines is 1. The minimum absolute atomic E-state index is 0.127. The van der Waals surface area contributed by atoms with Crippen LogP contribution < -0.4 is 14.4 Å². The van der Waals surface area contributed by atoms with Crippen LogP contribution in [-0.2, 0) is 4.79 Å². The number of aromatic nitrogens is 2. The van der Waals surface area contributed by atoms with Gasteiger partial charge in [0.05, 0.1) is 25.5 Å². The fraction of sp³-hybridized carbons (Fsp3) is 0.476. The van der Waals surface area contributed by atoms with Crippen molar-refractivity contribution in [2.45, 2.75) is 25.7 Å². The number of carbonyl (C=O) groups is 1. The molecule has 0 aliphatic carbocycles. The van der Waals surface area contributed by atoms with Crippen molar-refractivity contribution in [3.05, 3.63) is 30.1 Å². The molecule has 0 saturated carbocycles. The van der Waals surface area contributed by atoms with Crippen LogP contribution in [0.4, 0.5) is 5.95 Å². The van der Waals surface area contributed by atoms with Gasteiger partial charge in [-0.3, -0.25) is 4.79 Å². The van der Waals surface area contributed by atoms with Gasteiger partial charge in [-0.15, -0.1) is 0 Å². The summed E-state index contributed by atoms with van der Waals surface area (Å²) in [5, 5.41) is 0. The fourth-order valence-corrected chi connectivity index (χ4v) is 3.69. The van der Waals surface area contributed by atoms with E-state index in [9.17, 15) is 4.79 Å². The molecule has 7 nitrogen and oxygen atoms in total. The Morgan fingerprint density at radius 1 is 1.14 bits per heavy atom. The Morgan fingerprint density at radius 2 is 1.75 bits per heavy atom. The number of hydrogen-bond donors (Lipinski definition) is 0. The predicted molar refractivity (Wildman–Crippen MR) is 109 cm³/mol. The normalized spacial score (nSPS) is 14.7. The summed E-state index contributed by atoms with van der Waals surface area (Å²) < 4.78 is 11.2. The van der Waals surface area contributed by atoms with Gasteiger partial charge in [0.2, 0.25) is 11.9 Å². The molecule has 28 heavy (non-hydrogen) atoms. The maximum Gasteiger partial charge on any atom is 0.225 e. The van der Waals surface area contributed by atoms with Gasteiger partial charge >= 0.3 is 0 Å². The van der Waals surface area contributed by atoms with Gasteiger partial charge in [-0.25, -0.2) is 9.97 Å². The van der Waals surface area contributed by atoms with Crippen molar-refractivity contribution in [1.82, 2.24) is 14.9 Å². The summed E-state index contributed by atoms with van der Waals surface area (Å²) in [6.07, 6.45) is 3.59. The van der Waals surface area contributed by atoms with E-state index in [-0.39, 0.29) is 11.8 Å². The lowest BCUT2D eigenvalue weighted by Gasteiger charge is -2.32. The molecule has 1 fully saturated rings. The first-order valence-corrected chi connectivity index (χ1v) is 9.47. The molecule has 0 bridgehead atoms. The number of ether oxygens (including phenoxy) is 2. The van der Waals surface area contributed by atoms with Crippen molar-refractivity contribution >= 4 is 11.9 Å². The Balaban J connectivity index is 2.09. The smallest absolute Gasteiger partial charge is 0.225 e. The first-order chi connectivity index (χ1) is 13.5. The van der Waals surface area contributed by atoms with Crippen molar-refractivity contribution in [1.29, 1.82) is 0 Å². The third-order valence-electron chi connectivity index (χ3n) is 5.23. The average Bonchev–Trinajstić information content (AvgIpc) is 2.72. The molecule has 2 heterocycles. The standard InChI is InChI=1S/C21H28N4O3/c1-14(26)25-11-9-15(10-12-25)20-16(13-22-21(23-20)24(2)3)19-17(27-4)7-6-8-18(19)28-5/h6-8,13,15H,9-12H2,1-5H3. The van der Waals surface area contributed by atoms with Crippen molar-refractivity contribution < 1.29 is 14.3 Å². The van der Waals surface area contributed by atoms with Crippen LogP contribution in [0.25, 0.3) is 11.1 Å². The molecular weight excluding hydrogens is 356 g/mol. The summed E-state index contributed by atoms with van der Waals surface area (Å²) in [7, 11) is 7.17. The van der Waals surface area contributed by atoms with Crippen LogP contribution in [0.1, 0.15) is 31.4 Å². The molecule has 0 N–H and O–H groups in total. The summed E-state index contributed by atoms with van der Waals surface area (Å²) in [4.78, 5) is 24.9. The number of nitrogens with zero attached hydrogens (tertiary/aromatic N) is 4. The highest BCUT2D eigenvalue weighted by Gasteiger charge is 2.28. The van der Waals surface area contributed by atoms with E-state index in [0.717, 1.165) is 54.3 Å². The third-order valence-corrected chi connectivity index (χ3v) is 5.23. The summed E-state index contributed by atoms with van der Waals surface area (Å²) in [5.74, 6) is 2.48. The highest BCUT2D eigenvalue weighted by atomic mass is 16.5. The van der Waals surface area contributed by atoms with E-state index in [1.807, 2.05) is 48.3 Å². The van der Waals surface area contributed by atoms with Gasteiger partial charge in [0.1, 0.15) is 11.5 Å². The second-order valence-electron chi connectivity index (χ2n) is 7.18. The molecule has 0 radical (unpaired) electrons. The molecule has 150 valence electrons. The Bertz CT molecular complexity index is 823. The predicted octanol–water partition coefficient (Wildman–Crippen LogP) is 2.95. The van der Waals surface area contributed by atoms with Gasteiger partial charge in [0.15, 0.2) is 0 Å². The van der Waals surface area contributed by atoms with E-state index in [0.29, 0.717) is 5.95 Å². The third kappa shape index (κ3) is 3.88. The van der Waals surface area contributed by atoms with E-state index in [2.05, 4.69) is 4.98 Å². The summed E-state index contributed by atoms with van der Waals surface area (Å²) in [6, 6.07) is 5.74. The van der Waals surface area contributed by atoms with Gasteiger partial charge in [-0.1, -0.05) is 6.07 Å². The monoisotopic (exact) mass is 384 g/mol. The lowest BCUT2D eigenvalue weighted by atomic mass is 9.88. The summed E-state index contributed by atoms with van der Waals surface area (Å²) >= 11 is 0. The van der Waals surface area contributed by atoms with Crippen LogP contribution in [0.5, 0.6) is 11.5 Å². The van der Waals surface area contributed by atoms with E-state index >= 15 is 0 Å². The van der Waals surface area contributed by atoms with Crippen LogP contribution >= 0.6 is 0 Å². The van der Waals surface area contributed by atoms with E-state index in [4.69, 9.17) is 14.5 Å². The van der Waals surface area contributed by atoms with E-state index in [1.165, 1.54) is 0 Å². The van der Waals surface area contributed by atoms with Crippen LogP contribution in [-0.4, -0.2) is 62.2 Å². The lowest BCUT2D eigenvalue weighted by Crippen LogP contribution is -2.36. The maximum atomic E-state index is 11.7.